The van der Waals surface area contributed by atoms with Crippen molar-refractivity contribution in [3.63, 3.8) is 0 Å². The molecule has 0 aliphatic heterocycles. The molecule has 0 aliphatic rings. The SMILES string of the molecule is CCc1cc(NC(C)c2nccs2)nc(C)n1. The minimum absolute atomic E-state index is 0.175. The Labute approximate surface area is 105 Å². The summed E-state index contributed by atoms with van der Waals surface area (Å²) in [4.78, 5) is 13.0. The lowest BCUT2D eigenvalue weighted by atomic mass is 10.3. The number of anilines is 1. The molecule has 5 heteroatoms. The Kier molecular flexibility index (Phi) is 3.68. The number of hydrogen-bond acceptors (Lipinski definition) is 5. The van der Waals surface area contributed by atoms with Gasteiger partial charge in [-0.3, -0.25) is 0 Å². The molecule has 0 bridgehead atoms. The number of nitrogens with one attached hydrogen (secondary N) is 1. The fourth-order valence-electron chi connectivity index (χ4n) is 1.62. The van der Waals surface area contributed by atoms with E-state index in [1.54, 1.807) is 11.3 Å². The third-order valence-electron chi connectivity index (χ3n) is 2.44. The molecule has 2 aromatic heterocycles. The molecule has 17 heavy (non-hydrogen) atoms. The quantitative estimate of drug-likeness (QED) is 0.903. The largest absolute Gasteiger partial charge is 0.361 e. The minimum atomic E-state index is 0.175. The van der Waals surface area contributed by atoms with Gasteiger partial charge in [0.2, 0.25) is 0 Å². The second-order valence-corrected chi connectivity index (χ2v) is 4.81. The average Bonchev–Trinajstić information content (AvgIpc) is 2.81. The maximum atomic E-state index is 4.39. The standard InChI is InChI=1S/C12H16N4S/c1-4-10-7-11(16-9(3)15-10)14-8(2)12-13-5-6-17-12/h5-8H,4H2,1-3H3,(H,14,15,16). The van der Waals surface area contributed by atoms with Crippen LogP contribution in [0.5, 0.6) is 0 Å². The first-order valence-electron chi connectivity index (χ1n) is 5.69. The van der Waals surface area contributed by atoms with E-state index in [-0.39, 0.29) is 6.04 Å². The zero-order valence-corrected chi connectivity index (χ0v) is 11.1. The molecule has 90 valence electrons. The fraction of sp³-hybridized carbons (Fsp3) is 0.417. The molecule has 1 atom stereocenters. The van der Waals surface area contributed by atoms with Crippen LogP contribution in [0.15, 0.2) is 17.6 Å². The minimum Gasteiger partial charge on any atom is -0.361 e. The number of rotatable bonds is 4. The highest BCUT2D eigenvalue weighted by atomic mass is 32.1. The van der Waals surface area contributed by atoms with Crippen LogP contribution < -0.4 is 5.32 Å². The van der Waals surface area contributed by atoms with Crippen LogP contribution in [0.1, 0.15) is 36.4 Å². The van der Waals surface area contributed by atoms with E-state index in [0.717, 1.165) is 28.8 Å². The highest BCUT2D eigenvalue weighted by Gasteiger charge is 2.09. The monoisotopic (exact) mass is 248 g/mol. The second-order valence-electron chi connectivity index (χ2n) is 3.88. The van der Waals surface area contributed by atoms with Gasteiger partial charge in [0, 0.05) is 23.3 Å². The predicted molar refractivity (Wildman–Crippen MR) is 70.3 cm³/mol. The van der Waals surface area contributed by atoms with Crippen LogP contribution in [-0.2, 0) is 6.42 Å². The highest BCUT2D eigenvalue weighted by molar-refractivity contribution is 7.09. The number of aromatic nitrogens is 3. The van der Waals surface area contributed by atoms with Gasteiger partial charge in [0.05, 0.1) is 6.04 Å². The lowest BCUT2D eigenvalue weighted by Crippen LogP contribution is -2.09. The van der Waals surface area contributed by atoms with Crippen molar-refractivity contribution in [1.82, 2.24) is 15.0 Å². The molecule has 4 nitrogen and oxygen atoms in total. The first-order valence-corrected chi connectivity index (χ1v) is 6.57. The summed E-state index contributed by atoms with van der Waals surface area (Å²) < 4.78 is 0. The van der Waals surface area contributed by atoms with Gasteiger partial charge in [-0.05, 0) is 20.3 Å². The van der Waals surface area contributed by atoms with Crippen molar-refractivity contribution in [1.29, 1.82) is 0 Å². The Bertz CT molecular complexity index is 481. The Morgan fingerprint density at radius 2 is 2.24 bits per heavy atom. The van der Waals surface area contributed by atoms with Crippen LogP contribution in [-0.4, -0.2) is 15.0 Å². The van der Waals surface area contributed by atoms with Crippen molar-refractivity contribution in [3.05, 3.63) is 34.2 Å². The molecule has 0 saturated heterocycles. The third kappa shape index (κ3) is 3.00. The summed E-state index contributed by atoms with van der Waals surface area (Å²) in [5.41, 5.74) is 1.06. The van der Waals surface area contributed by atoms with Gasteiger partial charge >= 0.3 is 0 Å². The third-order valence-corrected chi connectivity index (χ3v) is 3.40. The summed E-state index contributed by atoms with van der Waals surface area (Å²) in [5, 5.41) is 6.41. The maximum absolute atomic E-state index is 4.39. The van der Waals surface area contributed by atoms with Gasteiger partial charge in [0.1, 0.15) is 16.6 Å². The number of thiazole rings is 1. The van der Waals surface area contributed by atoms with Crippen molar-refractivity contribution in [3.8, 4) is 0 Å². The molecule has 0 amide bonds. The molecular formula is C12H16N4S. The van der Waals surface area contributed by atoms with E-state index in [0.29, 0.717) is 0 Å². The Balaban J connectivity index is 2.15. The lowest BCUT2D eigenvalue weighted by Gasteiger charge is -2.12. The molecule has 0 saturated carbocycles. The van der Waals surface area contributed by atoms with E-state index in [1.165, 1.54) is 0 Å². The van der Waals surface area contributed by atoms with E-state index in [2.05, 4.69) is 34.1 Å². The summed E-state index contributed by atoms with van der Waals surface area (Å²) in [6.07, 6.45) is 2.74. The summed E-state index contributed by atoms with van der Waals surface area (Å²) in [7, 11) is 0. The molecule has 0 aliphatic carbocycles. The zero-order valence-electron chi connectivity index (χ0n) is 10.3. The second kappa shape index (κ2) is 5.23. The summed E-state index contributed by atoms with van der Waals surface area (Å²) in [5.74, 6) is 1.68. The van der Waals surface area contributed by atoms with Crippen LogP contribution in [0, 0.1) is 6.92 Å². The topological polar surface area (TPSA) is 50.7 Å². The summed E-state index contributed by atoms with van der Waals surface area (Å²) >= 11 is 1.65. The van der Waals surface area contributed by atoms with Crippen LogP contribution in [0.4, 0.5) is 5.82 Å². The number of aryl methyl sites for hydroxylation is 2. The number of hydrogen-bond donors (Lipinski definition) is 1. The van der Waals surface area contributed by atoms with Gasteiger partial charge in [0.25, 0.3) is 0 Å². The molecule has 2 heterocycles. The van der Waals surface area contributed by atoms with E-state index < -0.39 is 0 Å². The Morgan fingerprint density at radius 1 is 1.41 bits per heavy atom. The van der Waals surface area contributed by atoms with E-state index in [1.807, 2.05) is 24.6 Å². The van der Waals surface area contributed by atoms with Gasteiger partial charge in [-0.2, -0.15) is 0 Å². The van der Waals surface area contributed by atoms with Crippen molar-refractivity contribution in [2.24, 2.45) is 0 Å². The van der Waals surface area contributed by atoms with Crippen molar-refractivity contribution >= 4 is 17.2 Å². The van der Waals surface area contributed by atoms with Crippen molar-refractivity contribution < 1.29 is 0 Å². The van der Waals surface area contributed by atoms with Gasteiger partial charge < -0.3 is 5.32 Å². The molecule has 0 aromatic carbocycles. The predicted octanol–water partition coefficient (Wildman–Crippen LogP) is 2.98. The van der Waals surface area contributed by atoms with Gasteiger partial charge in [0.15, 0.2) is 0 Å². The Morgan fingerprint density at radius 3 is 2.88 bits per heavy atom. The highest BCUT2D eigenvalue weighted by Crippen LogP contribution is 2.20. The van der Waals surface area contributed by atoms with Gasteiger partial charge in [-0.15, -0.1) is 11.3 Å². The van der Waals surface area contributed by atoms with Crippen LogP contribution in [0.2, 0.25) is 0 Å². The Hall–Kier alpha value is -1.49. The van der Waals surface area contributed by atoms with E-state index in [9.17, 15) is 0 Å². The van der Waals surface area contributed by atoms with Crippen molar-refractivity contribution in [2.75, 3.05) is 5.32 Å². The van der Waals surface area contributed by atoms with Crippen LogP contribution in [0.25, 0.3) is 0 Å². The molecule has 1 N–H and O–H groups in total. The van der Waals surface area contributed by atoms with E-state index in [4.69, 9.17) is 0 Å². The first-order chi connectivity index (χ1) is 8.19. The first kappa shape index (κ1) is 12.0. The maximum Gasteiger partial charge on any atom is 0.130 e. The normalized spacial score (nSPS) is 12.4. The fourth-order valence-corrected chi connectivity index (χ4v) is 2.26. The average molecular weight is 248 g/mol. The molecule has 0 spiro atoms. The van der Waals surface area contributed by atoms with Crippen molar-refractivity contribution in [2.45, 2.75) is 33.2 Å². The van der Waals surface area contributed by atoms with E-state index >= 15 is 0 Å². The molecular weight excluding hydrogens is 232 g/mol. The lowest BCUT2D eigenvalue weighted by molar-refractivity contribution is 0.847. The number of nitrogens with zero attached hydrogens (tertiary/aromatic N) is 3. The molecule has 0 fully saturated rings. The molecule has 1 unspecified atom stereocenters. The van der Waals surface area contributed by atoms with Crippen LogP contribution >= 0.6 is 11.3 Å². The van der Waals surface area contributed by atoms with Crippen LogP contribution in [0.3, 0.4) is 0 Å². The molecule has 0 radical (unpaired) electrons. The molecule has 2 rings (SSSR count). The zero-order chi connectivity index (χ0) is 12.3. The smallest absolute Gasteiger partial charge is 0.130 e. The summed E-state index contributed by atoms with van der Waals surface area (Å²) in [6, 6.07) is 2.17. The van der Waals surface area contributed by atoms with Gasteiger partial charge in [-0.25, -0.2) is 15.0 Å². The summed E-state index contributed by atoms with van der Waals surface area (Å²) in [6.45, 7) is 6.09. The molecule has 2 aromatic rings. The van der Waals surface area contributed by atoms with Gasteiger partial charge in [-0.1, -0.05) is 6.92 Å².